The third-order valence-electron chi connectivity index (χ3n) is 13.3. The van der Waals surface area contributed by atoms with E-state index in [1.165, 1.54) is 173 Å². The van der Waals surface area contributed by atoms with Gasteiger partial charge in [0, 0.05) is 19.3 Å². The monoisotopic (exact) mass is 967 g/mol. The first-order chi connectivity index (χ1) is 34.0. The van der Waals surface area contributed by atoms with E-state index in [0.29, 0.717) is 19.3 Å². The van der Waals surface area contributed by atoms with Gasteiger partial charge in [0.1, 0.15) is 13.2 Å². The van der Waals surface area contributed by atoms with E-state index >= 15 is 0 Å². The molecule has 0 amide bonds. The van der Waals surface area contributed by atoms with Gasteiger partial charge in [0.25, 0.3) is 0 Å². The van der Waals surface area contributed by atoms with Crippen LogP contribution in [0.2, 0.25) is 0 Å². The summed E-state index contributed by atoms with van der Waals surface area (Å²) in [6.45, 7) is 6.54. The Labute approximate surface area is 428 Å². The van der Waals surface area contributed by atoms with Crippen LogP contribution in [0.15, 0.2) is 48.6 Å². The Hall–Kier alpha value is -2.63. The lowest BCUT2D eigenvalue weighted by Gasteiger charge is -2.18. The predicted octanol–water partition coefficient (Wildman–Crippen LogP) is 20.2. The lowest BCUT2D eigenvalue weighted by Crippen LogP contribution is -2.30. The summed E-state index contributed by atoms with van der Waals surface area (Å²) in [6, 6.07) is 0. The van der Waals surface area contributed by atoms with E-state index in [1.807, 2.05) is 0 Å². The van der Waals surface area contributed by atoms with Crippen LogP contribution in [0.3, 0.4) is 0 Å². The van der Waals surface area contributed by atoms with Crippen molar-refractivity contribution in [1.82, 2.24) is 0 Å². The Kier molecular flexibility index (Phi) is 55.7. The van der Waals surface area contributed by atoms with Crippen LogP contribution in [0, 0.1) is 0 Å². The molecule has 402 valence electrons. The SMILES string of the molecule is CC/C=C\C/C=C\C/C=C\CCCCCCCC(=O)OC(COC(=O)CCCCCCC/C=C\CCCCCCC)COC(=O)CCCCCCCCCCCCCCCCCCCCCCCC. The molecule has 0 aromatic carbocycles. The Bertz CT molecular complexity index is 1200. The van der Waals surface area contributed by atoms with Crippen LogP contribution in [0.5, 0.6) is 0 Å². The molecule has 0 radical (unpaired) electrons. The van der Waals surface area contributed by atoms with Gasteiger partial charge in [-0.25, -0.2) is 0 Å². The lowest BCUT2D eigenvalue weighted by atomic mass is 10.0. The molecule has 0 saturated heterocycles. The van der Waals surface area contributed by atoms with Gasteiger partial charge < -0.3 is 14.2 Å². The number of unbranched alkanes of at least 4 members (excludes halogenated alkanes) is 36. The van der Waals surface area contributed by atoms with E-state index in [0.717, 1.165) is 103 Å². The van der Waals surface area contributed by atoms with E-state index in [2.05, 4.69) is 69.4 Å². The third-order valence-corrected chi connectivity index (χ3v) is 13.3. The van der Waals surface area contributed by atoms with Crippen LogP contribution < -0.4 is 0 Å². The molecule has 0 aliphatic heterocycles. The van der Waals surface area contributed by atoms with E-state index in [4.69, 9.17) is 14.2 Å². The molecule has 69 heavy (non-hydrogen) atoms. The molecule has 0 aromatic heterocycles. The van der Waals surface area contributed by atoms with Gasteiger partial charge in [0.15, 0.2) is 6.10 Å². The predicted molar refractivity (Wildman–Crippen MR) is 298 cm³/mol. The van der Waals surface area contributed by atoms with E-state index in [9.17, 15) is 14.4 Å². The minimum atomic E-state index is -0.784. The first kappa shape index (κ1) is 66.4. The molecule has 6 heteroatoms. The fourth-order valence-electron chi connectivity index (χ4n) is 8.81. The number of hydrogen-bond donors (Lipinski definition) is 0. The van der Waals surface area contributed by atoms with Crippen molar-refractivity contribution in [2.75, 3.05) is 13.2 Å². The van der Waals surface area contributed by atoms with Crippen LogP contribution in [0.25, 0.3) is 0 Å². The topological polar surface area (TPSA) is 78.9 Å². The molecule has 0 bridgehead atoms. The summed E-state index contributed by atoms with van der Waals surface area (Å²) < 4.78 is 16.9. The van der Waals surface area contributed by atoms with Gasteiger partial charge in [0.2, 0.25) is 0 Å². The first-order valence-corrected chi connectivity index (χ1v) is 30.1. The highest BCUT2D eigenvalue weighted by atomic mass is 16.6. The van der Waals surface area contributed by atoms with Gasteiger partial charge >= 0.3 is 17.9 Å². The molecular weight excluding hydrogens is 853 g/mol. The quantitative estimate of drug-likeness (QED) is 0.0262. The molecule has 1 atom stereocenters. The smallest absolute Gasteiger partial charge is 0.306 e. The van der Waals surface area contributed by atoms with Crippen molar-refractivity contribution in [2.45, 2.75) is 322 Å². The summed E-state index contributed by atoms with van der Waals surface area (Å²) in [7, 11) is 0. The highest BCUT2D eigenvalue weighted by Gasteiger charge is 2.19. The standard InChI is InChI=1S/C63H114O6/c1-4-7-10-13-16-19-22-25-28-29-30-31-32-33-34-36-38-41-44-47-50-53-56-62(65)68-59-60(58-67-61(64)55-52-49-46-43-40-37-27-24-21-18-15-12-9-6-3)69-63(66)57-54-51-48-45-42-39-35-26-23-20-17-14-11-8-5-2/h8,11,17,20,24,26-27,35,60H,4-7,9-10,12-16,18-19,21-23,25,28-34,36-59H2,1-3H3/b11-8-,20-17-,27-24-,35-26-. The average molecular weight is 968 g/mol. The Morgan fingerprint density at radius 3 is 0.899 bits per heavy atom. The van der Waals surface area contributed by atoms with Crippen LogP contribution in [0.1, 0.15) is 316 Å². The fraction of sp³-hybridized carbons (Fsp3) is 0.825. The summed E-state index contributed by atoms with van der Waals surface area (Å²) in [4.78, 5) is 38.2. The molecule has 0 aliphatic rings. The molecule has 0 spiro atoms. The number of hydrogen-bond acceptors (Lipinski definition) is 6. The second-order valence-corrected chi connectivity index (χ2v) is 20.2. The minimum Gasteiger partial charge on any atom is -0.462 e. The van der Waals surface area contributed by atoms with Crippen molar-refractivity contribution in [3.05, 3.63) is 48.6 Å². The third kappa shape index (κ3) is 56.2. The van der Waals surface area contributed by atoms with Crippen LogP contribution in [0.4, 0.5) is 0 Å². The largest absolute Gasteiger partial charge is 0.462 e. The molecule has 6 nitrogen and oxygen atoms in total. The summed E-state index contributed by atoms with van der Waals surface area (Å²) in [6.07, 6.45) is 71.1. The number of carbonyl (C=O) groups excluding carboxylic acids is 3. The zero-order chi connectivity index (χ0) is 50.0. The molecular formula is C63H114O6. The molecule has 0 aliphatic carbocycles. The fourth-order valence-corrected chi connectivity index (χ4v) is 8.81. The molecule has 0 fully saturated rings. The van der Waals surface area contributed by atoms with Gasteiger partial charge in [0.05, 0.1) is 0 Å². The Balaban J connectivity index is 4.30. The van der Waals surface area contributed by atoms with Crippen LogP contribution >= 0.6 is 0 Å². The second kappa shape index (κ2) is 57.9. The highest BCUT2D eigenvalue weighted by molar-refractivity contribution is 5.71. The summed E-state index contributed by atoms with van der Waals surface area (Å²) >= 11 is 0. The highest BCUT2D eigenvalue weighted by Crippen LogP contribution is 2.17. The number of rotatable bonds is 55. The normalized spacial score (nSPS) is 12.3. The number of ether oxygens (including phenoxy) is 3. The number of carbonyl (C=O) groups is 3. The first-order valence-electron chi connectivity index (χ1n) is 30.1. The summed E-state index contributed by atoms with van der Waals surface area (Å²) in [5.41, 5.74) is 0. The molecule has 0 rings (SSSR count). The van der Waals surface area contributed by atoms with Gasteiger partial charge in [-0.1, -0.05) is 268 Å². The van der Waals surface area contributed by atoms with E-state index in [-0.39, 0.29) is 31.1 Å². The van der Waals surface area contributed by atoms with Gasteiger partial charge in [-0.3, -0.25) is 14.4 Å². The maximum absolute atomic E-state index is 12.8. The molecule has 1 unspecified atom stereocenters. The van der Waals surface area contributed by atoms with Crippen LogP contribution in [-0.2, 0) is 28.6 Å². The maximum Gasteiger partial charge on any atom is 0.306 e. The van der Waals surface area contributed by atoms with E-state index in [1.54, 1.807) is 0 Å². The van der Waals surface area contributed by atoms with Crippen molar-refractivity contribution in [1.29, 1.82) is 0 Å². The summed E-state index contributed by atoms with van der Waals surface area (Å²) in [5.74, 6) is -0.889. The molecule has 0 aromatic rings. The molecule has 0 N–H and O–H groups in total. The zero-order valence-electron chi connectivity index (χ0n) is 46.1. The van der Waals surface area contributed by atoms with Crippen molar-refractivity contribution in [2.24, 2.45) is 0 Å². The van der Waals surface area contributed by atoms with E-state index < -0.39 is 6.10 Å². The zero-order valence-corrected chi connectivity index (χ0v) is 46.1. The lowest BCUT2D eigenvalue weighted by molar-refractivity contribution is -0.167. The average Bonchev–Trinajstić information content (AvgIpc) is 3.35. The van der Waals surface area contributed by atoms with Crippen molar-refractivity contribution in [3.63, 3.8) is 0 Å². The summed E-state index contributed by atoms with van der Waals surface area (Å²) in [5, 5.41) is 0. The molecule has 0 heterocycles. The number of allylic oxidation sites excluding steroid dienone is 8. The Morgan fingerprint density at radius 2 is 0.565 bits per heavy atom. The van der Waals surface area contributed by atoms with Crippen LogP contribution in [-0.4, -0.2) is 37.2 Å². The maximum atomic E-state index is 12.8. The molecule has 0 saturated carbocycles. The van der Waals surface area contributed by atoms with Gasteiger partial charge in [-0.2, -0.15) is 0 Å². The van der Waals surface area contributed by atoms with Crippen molar-refractivity contribution < 1.29 is 28.6 Å². The second-order valence-electron chi connectivity index (χ2n) is 20.2. The van der Waals surface area contributed by atoms with Gasteiger partial charge in [-0.05, 0) is 77.0 Å². The van der Waals surface area contributed by atoms with Crippen molar-refractivity contribution >= 4 is 17.9 Å². The Morgan fingerprint density at radius 1 is 0.304 bits per heavy atom. The van der Waals surface area contributed by atoms with Crippen molar-refractivity contribution in [3.8, 4) is 0 Å². The minimum absolute atomic E-state index is 0.0797. The number of esters is 3. The van der Waals surface area contributed by atoms with Gasteiger partial charge in [-0.15, -0.1) is 0 Å².